The van der Waals surface area contributed by atoms with E-state index in [1.54, 1.807) is 0 Å². The average Bonchev–Trinajstić information content (AvgIpc) is 3.52. The lowest BCUT2D eigenvalue weighted by atomic mass is 10.2. The van der Waals surface area contributed by atoms with E-state index in [1.807, 2.05) is 30.3 Å². The van der Waals surface area contributed by atoms with Crippen molar-refractivity contribution in [2.45, 2.75) is 42.0 Å². The van der Waals surface area contributed by atoms with Gasteiger partial charge in [0.05, 0.1) is 22.1 Å². The van der Waals surface area contributed by atoms with Crippen LogP contribution in [0, 0.1) is 11.6 Å². The van der Waals surface area contributed by atoms with Gasteiger partial charge in [-0.15, -0.1) is 0 Å². The lowest BCUT2D eigenvalue weighted by molar-refractivity contribution is 0.0550. The molecule has 8 heteroatoms. The summed E-state index contributed by atoms with van der Waals surface area (Å²) in [7, 11) is 0. The molecule has 1 fully saturated rings. The molecule has 4 rings (SSSR count). The number of halogens is 2. The standard InChI is InChI=1S/C21H18F2N2O3S/c22-15-8-9-16(23)17(10-15)29-20-18(14-6-7-14)19(26)24-21(27)25(20)12-28-11-13-4-2-1-3-5-13/h1-5,8-10,14H,6-7,11-12H2,(H,24,26,27). The summed E-state index contributed by atoms with van der Waals surface area (Å²) in [6.45, 7) is 0.146. The molecule has 0 saturated heterocycles. The second kappa shape index (κ2) is 8.34. The van der Waals surface area contributed by atoms with Crippen LogP contribution in [0.1, 0.15) is 29.9 Å². The molecule has 1 aliphatic rings. The zero-order chi connectivity index (χ0) is 20.4. The Morgan fingerprint density at radius 2 is 1.86 bits per heavy atom. The molecule has 0 amide bonds. The minimum atomic E-state index is -0.647. The van der Waals surface area contributed by atoms with Crippen LogP contribution in [0.15, 0.2) is 68.0 Å². The number of hydrogen-bond acceptors (Lipinski definition) is 4. The number of ether oxygens (including phenoxy) is 1. The summed E-state index contributed by atoms with van der Waals surface area (Å²) >= 11 is 0.873. The quantitative estimate of drug-likeness (QED) is 0.591. The second-order valence-corrected chi connectivity index (χ2v) is 7.85. The Bertz CT molecular complexity index is 1140. The van der Waals surface area contributed by atoms with E-state index in [0.717, 1.165) is 48.4 Å². The fourth-order valence-corrected chi connectivity index (χ4v) is 4.18. The molecular formula is C21H18F2N2O3S. The highest BCUT2D eigenvalue weighted by atomic mass is 32.2. The van der Waals surface area contributed by atoms with Gasteiger partial charge in [0.1, 0.15) is 18.4 Å². The molecule has 1 heterocycles. The zero-order valence-electron chi connectivity index (χ0n) is 15.4. The third kappa shape index (κ3) is 4.49. The van der Waals surface area contributed by atoms with Gasteiger partial charge in [0, 0.05) is 0 Å². The number of nitrogens with zero attached hydrogens (tertiary/aromatic N) is 1. The third-order valence-corrected chi connectivity index (χ3v) is 5.77. The maximum atomic E-state index is 14.2. The first-order chi connectivity index (χ1) is 14.0. The van der Waals surface area contributed by atoms with Crippen LogP contribution in [0.4, 0.5) is 8.78 Å². The molecule has 3 aromatic rings. The molecular weight excluding hydrogens is 398 g/mol. The summed E-state index contributed by atoms with van der Waals surface area (Å²) < 4.78 is 34.8. The van der Waals surface area contributed by atoms with Crippen molar-refractivity contribution in [2.24, 2.45) is 0 Å². The molecule has 0 spiro atoms. The number of rotatable bonds is 7. The highest BCUT2D eigenvalue weighted by Crippen LogP contribution is 2.43. The van der Waals surface area contributed by atoms with Gasteiger partial charge in [-0.2, -0.15) is 0 Å². The van der Waals surface area contributed by atoms with E-state index in [-0.39, 0.29) is 24.2 Å². The first kappa shape index (κ1) is 19.6. The largest absolute Gasteiger partial charge is 0.356 e. The monoisotopic (exact) mass is 416 g/mol. The van der Waals surface area contributed by atoms with Gasteiger partial charge in [-0.1, -0.05) is 42.1 Å². The van der Waals surface area contributed by atoms with Gasteiger partial charge in [-0.25, -0.2) is 13.6 Å². The molecule has 1 N–H and O–H groups in total. The first-order valence-corrected chi connectivity index (χ1v) is 9.96. The average molecular weight is 416 g/mol. The lowest BCUT2D eigenvalue weighted by Crippen LogP contribution is -2.34. The fraction of sp³-hybridized carbons (Fsp3) is 0.238. The summed E-state index contributed by atoms with van der Waals surface area (Å²) in [6, 6.07) is 12.5. The molecule has 0 aliphatic heterocycles. The van der Waals surface area contributed by atoms with Gasteiger partial charge in [-0.3, -0.25) is 14.3 Å². The minimum Gasteiger partial charge on any atom is -0.356 e. The van der Waals surface area contributed by atoms with Crippen molar-refractivity contribution in [2.75, 3.05) is 0 Å². The maximum Gasteiger partial charge on any atom is 0.331 e. The highest BCUT2D eigenvalue weighted by Gasteiger charge is 2.32. The summed E-state index contributed by atoms with van der Waals surface area (Å²) in [5.74, 6) is -1.22. The van der Waals surface area contributed by atoms with E-state index < -0.39 is 22.9 Å². The highest BCUT2D eigenvalue weighted by molar-refractivity contribution is 7.99. The van der Waals surface area contributed by atoms with Gasteiger partial charge in [-0.05, 0) is 42.5 Å². The van der Waals surface area contributed by atoms with E-state index in [4.69, 9.17) is 4.74 Å². The summed E-state index contributed by atoms with van der Waals surface area (Å²) in [5, 5.41) is 0.291. The topological polar surface area (TPSA) is 64.1 Å². The number of aromatic amines is 1. The molecule has 5 nitrogen and oxygen atoms in total. The lowest BCUT2D eigenvalue weighted by Gasteiger charge is -2.16. The summed E-state index contributed by atoms with van der Waals surface area (Å²) in [4.78, 5) is 27.3. The minimum absolute atomic E-state index is 0.00107. The zero-order valence-corrected chi connectivity index (χ0v) is 16.2. The summed E-state index contributed by atoms with van der Waals surface area (Å²) in [6.07, 6.45) is 1.62. The molecule has 29 heavy (non-hydrogen) atoms. The smallest absolute Gasteiger partial charge is 0.331 e. The van der Waals surface area contributed by atoms with Crippen molar-refractivity contribution in [3.63, 3.8) is 0 Å². The van der Waals surface area contributed by atoms with E-state index in [9.17, 15) is 18.4 Å². The molecule has 0 atom stereocenters. The van der Waals surface area contributed by atoms with Gasteiger partial charge < -0.3 is 4.74 Å². The molecule has 1 aromatic heterocycles. The molecule has 2 aromatic carbocycles. The Labute approximate surface area is 169 Å². The number of aromatic nitrogens is 2. The Morgan fingerprint density at radius 3 is 2.59 bits per heavy atom. The van der Waals surface area contributed by atoms with Crippen LogP contribution in [0.3, 0.4) is 0 Å². The predicted octanol–water partition coefficient (Wildman–Crippen LogP) is 4.02. The van der Waals surface area contributed by atoms with E-state index in [2.05, 4.69) is 4.98 Å². The van der Waals surface area contributed by atoms with Gasteiger partial charge in [0.2, 0.25) is 0 Å². The van der Waals surface area contributed by atoms with Crippen LogP contribution < -0.4 is 11.2 Å². The Hall–Kier alpha value is -2.71. The predicted molar refractivity (Wildman–Crippen MR) is 105 cm³/mol. The SMILES string of the molecule is O=c1[nH]c(=O)n(COCc2ccccc2)c(Sc2cc(F)ccc2F)c1C1CC1. The van der Waals surface area contributed by atoms with Crippen LogP contribution in [-0.2, 0) is 18.1 Å². The van der Waals surface area contributed by atoms with Crippen molar-refractivity contribution < 1.29 is 13.5 Å². The van der Waals surface area contributed by atoms with Crippen molar-refractivity contribution in [1.82, 2.24) is 9.55 Å². The number of hydrogen-bond donors (Lipinski definition) is 1. The van der Waals surface area contributed by atoms with Crippen LogP contribution in [0.5, 0.6) is 0 Å². The number of H-pyrrole nitrogens is 1. The second-order valence-electron chi connectivity index (χ2n) is 6.82. The molecule has 0 bridgehead atoms. The molecule has 1 saturated carbocycles. The van der Waals surface area contributed by atoms with Gasteiger partial charge >= 0.3 is 5.69 Å². The van der Waals surface area contributed by atoms with Crippen molar-refractivity contribution >= 4 is 11.8 Å². The first-order valence-electron chi connectivity index (χ1n) is 9.14. The van der Waals surface area contributed by atoms with Crippen molar-refractivity contribution in [1.29, 1.82) is 0 Å². The van der Waals surface area contributed by atoms with Crippen LogP contribution in [0.2, 0.25) is 0 Å². The fourth-order valence-electron chi connectivity index (χ4n) is 3.01. The molecule has 0 unspecified atom stereocenters. The number of nitrogens with one attached hydrogen (secondary N) is 1. The van der Waals surface area contributed by atoms with Gasteiger partial charge in [0.15, 0.2) is 0 Å². The van der Waals surface area contributed by atoms with Crippen molar-refractivity contribution in [3.8, 4) is 0 Å². The normalized spacial score (nSPS) is 13.6. The third-order valence-electron chi connectivity index (χ3n) is 4.60. The van der Waals surface area contributed by atoms with Crippen LogP contribution in [0.25, 0.3) is 0 Å². The Kier molecular flexibility index (Phi) is 5.64. The molecule has 150 valence electrons. The Morgan fingerprint density at radius 1 is 1.10 bits per heavy atom. The summed E-state index contributed by atoms with van der Waals surface area (Å²) in [5.41, 5.74) is 0.210. The Balaban J connectivity index is 1.69. The maximum absolute atomic E-state index is 14.2. The molecule has 1 aliphatic carbocycles. The van der Waals surface area contributed by atoms with E-state index >= 15 is 0 Å². The van der Waals surface area contributed by atoms with Crippen molar-refractivity contribution in [3.05, 3.63) is 92.1 Å². The van der Waals surface area contributed by atoms with Gasteiger partial charge in [0.25, 0.3) is 5.56 Å². The van der Waals surface area contributed by atoms with Crippen LogP contribution in [-0.4, -0.2) is 9.55 Å². The van der Waals surface area contributed by atoms with Crippen LogP contribution >= 0.6 is 11.8 Å². The molecule has 0 radical (unpaired) electrons. The van der Waals surface area contributed by atoms with E-state index in [1.165, 1.54) is 4.57 Å². The van der Waals surface area contributed by atoms with E-state index in [0.29, 0.717) is 10.6 Å². The number of benzene rings is 2.